The summed E-state index contributed by atoms with van der Waals surface area (Å²) in [6.07, 6.45) is 3.70. The van der Waals surface area contributed by atoms with E-state index < -0.39 is 0 Å². The number of fused-ring (bicyclic) bond motifs is 1. The fraction of sp³-hybridized carbons (Fsp3) is 0.412. The predicted octanol–water partition coefficient (Wildman–Crippen LogP) is 2.97. The van der Waals surface area contributed by atoms with E-state index in [1.807, 2.05) is 0 Å². The Morgan fingerprint density at radius 2 is 1.74 bits per heavy atom. The van der Waals surface area contributed by atoms with Gasteiger partial charge in [-0.3, -0.25) is 0 Å². The molecular weight excluding hydrogens is 234 g/mol. The zero-order valence-electron chi connectivity index (χ0n) is 11.8. The van der Waals surface area contributed by atoms with Gasteiger partial charge in [0, 0.05) is 6.42 Å². The van der Waals surface area contributed by atoms with Crippen LogP contribution in [0.1, 0.15) is 26.2 Å². The van der Waals surface area contributed by atoms with Crippen molar-refractivity contribution in [2.75, 3.05) is 19.7 Å². The molecule has 102 valence electrons. The highest BCUT2D eigenvalue weighted by atomic mass is 16.5. The first kappa shape index (κ1) is 13.9. The second-order valence-corrected chi connectivity index (χ2v) is 4.93. The Bertz CT molecular complexity index is 495. The van der Waals surface area contributed by atoms with Gasteiger partial charge in [0.1, 0.15) is 5.75 Å². The third-order valence-corrected chi connectivity index (χ3v) is 3.30. The summed E-state index contributed by atoms with van der Waals surface area (Å²) in [5, 5.41) is 4.89. The number of rotatable bonds is 8. The molecule has 2 aromatic rings. The van der Waals surface area contributed by atoms with Gasteiger partial charge in [0.25, 0.3) is 0 Å². The van der Waals surface area contributed by atoms with Gasteiger partial charge in [0.2, 0.25) is 0 Å². The number of hydrogen-bond acceptors (Lipinski definition) is 1. The molecule has 0 aromatic heterocycles. The highest BCUT2D eigenvalue weighted by Crippen LogP contribution is 2.20. The molecule has 0 saturated heterocycles. The van der Waals surface area contributed by atoms with E-state index in [2.05, 4.69) is 54.7 Å². The molecule has 2 rings (SSSR count). The van der Waals surface area contributed by atoms with Gasteiger partial charge in [0.15, 0.2) is 0 Å². The molecule has 0 fully saturated rings. The number of hydrogen-bond donors (Lipinski definition) is 1. The van der Waals surface area contributed by atoms with Gasteiger partial charge in [-0.1, -0.05) is 43.7 Å². The Morgan fingerprint density at radius 1 is 0.947 bits per heavy atom. The van der Waals surface area contributed by atoms with Crippen molar-refractivity contribution in [3.8, 4) is 5.75 Å². The van der Waals surface area contributed by atoms with Crippen LogP contribution in [0.2, 0.25) is 0 Å². The van der Waals surface area contributed by atoms with Gasteiger partial charge >= 0.3 is 0 Å². The van der Waals surface area contributed by atoms with Gasteiger partial charge in [-0.25, -0.2) is 0 Å². The van der Waals surface area contributed by atoms with Crippen LogP contribution in [-0.4, -0.2) is 19.7 Å². The maximum absolute atomic E-state index is 5.80. The molecule has 2 N–H and O–H groups in total. The minimum atomic E-state index is 0.807. The quantitative estimate of drug-likeness (QED) is 0.724. The van der Waals surface area contributed by atoms with Crippen LogP contribution in [0.5, 0.6) is 5.75 Å². The van der Waals surface area contributed by atoms with Crippen LogP contribution >= 0.6 is 0 Å². The second-order valence-electron chi connectivity index (χ2n) is 4.93. The second kappa shape index (κ2) is 7.80. The van der Waals surface area contributed by atoms with Crippen molar-refractivity contribution in [2.45, 2.75) is 26.2 Å². The van der Waals surface area contributed by atoms with Gasteiger partial charge in [-0.2, -0.15) is 0 Å². The summed E-state index contributed by atoms with van der Waals surface area (Å²) in [6, 6.07) is 14.7. The van der Waals surface area contributed by atoms with E-state index in [4.69, 9.17) is 4.74 Å². The summed E-state index contributed by atoms with van der Waals surface area (Å²) in [5.41, 5.74) is 0. The maximum Gasteiger partial charge on any atom is 0.119 e. The molecule has 0 aliphatic rings. The summed E-state index contributed by atoms with van der Waals surface area (Å²) < 4.78 is 5.80. The first-order valence-electron chi connectivity index (χ1n) is 7.33. The smallest absolute Gasteiger partial charge is 0.119 e. The minimum Gasteiger partial charge on any atom is -0.493 e. The fourth-order valence-electron chi connectivity index (χ4n) is 2.17. The highest BCUT2D eigenvalue weighted by molar-refractivity contribution is 5.83. The molecule has 0 saturated carbocycles. The van der Waals surface area contributed by atoms with E-state index in [1.54, 1.807) is 0 Å². The van der Waals surface area contributed by atoms with E-state index in [-0.39, 0.29) is 0 Å². The first-order valence-corrected chi connectivity index (χ1v) is 7.33. The Balaban J connectivity index is 1.72. The van der Waals surface area contributed by atoms with Crippen molar-refractivity contribution < 1.29 is 10.1 Å². The van der Waals surface area contributed by atoms with E-state index in [0.29, 0.717) is 0 Å². The van der Waals surface area contributed by atoms with Crippen LogP contribution in [0, 0.1) is 0 Å². The summed E-state index contributed by atoms with van der Waals surface area (Å²) in [4.78, 5) is 0. The molecule has 0 atom stereocenters. The van der Waals surface area contributed by atoms with Gasteiger partial charge in [0.05, 0.1) is 19.7 Å². The average molecular weight is 258 g/mol. The molecule has 0 unspecified atom stereocenters. The van der Waals surface area contributed by atoms with E-state index in [0.717, 1.165) is 25.3 Å². The van der Waals surface area contributed by atoms with Gasteiger partial charge in [-0.05, 0) is 29.3 Å². The molecule has 0 radical (unpaired) electrons. The fourth-order valence-corrected chi connectivity index (χ4v) is 2.17. The molecule has 19 heavy (non-hydrogen) atoms. The van der Waals surface area contributed by atoms with Crippen molar-refractivity contribution in [3.05, 3.63) is 42.5 Å². The zero-order chi connectivity index (χ0) is 13.3. The topological polar surface area (TPSA) is 25.8 Å². The highest BCUT2D eigenvalue weighted by Gasteiger charge is 1.97. The molecule has 0 spiro atoms. The summed E-state index contributed by atoms with van der Waals surface area (Å²) in [6.45, 7) is 5.44. The summed E-state index contributed by atoms with van der Waals surface area (Å²) in [7, 11) is 0. The molecule has 2 nitrogen and oxygen atoms in total. The normalized spacial score (nSPS) is 10.8. The predicted molar refractivity (Wildman–Crippen MR) is 80.6 cm³/mol. The van der Waals surface area contributed by atoms with Crippen LogP contribution in [-0.2, 0) is 0 Å². The van der Waals surface area contributed by atoms with Crippen LogP contribution in [0.4, 0.5) is 0 Å². The minimum absolute atomic E-state index is 0.807. The number of quaternary nitrogens is 1. The molecule has 2 heteroatoms. The molecular formula is C17H24NO+. The van der Waals surface area contributed by atoms with E-state index >= 15 is 0 Å². The lowest BCUT2D eigenvalue weighted by Crippen LogP contribution is -2.84. The standard InChI is InChI=1S/C17H23NO/c1-2-3-11-18-12-6-13-19-17-10-9-15-7-4-5-8-16(15)14-17/h4-5,7-10,14,18H,2-3,6,11-13H2,1H3/p+1. The number of unbranched alkanes of at least 4 members (excludes halogenated alkanes) is 1. The molecule has 0 heterocycles. The Morgan fingerprint density at radius 3 is 2.58 bits per heavy atom. The van der Waals surface area contributed by atoms with E-state index in [9.17, 15) is 0 Å². The summed E-state index contributed by atoms with van der Waals surface area (Å²) >= 11 is 0. The third-order valence-electron chi connectivity index (χ3n) is 3.30. The third kappa shape index (κ3) is 4.56. The van der Waals surface area contributed by atoms with Crippen molar-refractivity contribution >= 4 is 10.8 Å². The number of nitrogens with two attached hydrogens (primary N) is 1. The van der Waals surface area contributed by atoms with Crippen molar-refractivity contribution in [1.82, 2.24) is 0 Å². The summed E-state index contributed by atoms with van der Waals surface area (Å²) in [5.74, 6) is 0.979. The van der Waals surface area contributed by atoms with Crippen LogP contribution < -0.4 is 10.1 Å². The number of benzene rings is 2. The molecule has 0 aliphatic heterocycles. The largest absolute Gasteiger partial charge is 0.493 e. The Hall–Kier alpha value is -1.54. The van der Waals surface area contributed by atoms with Gasteiger partial charge in [-0.15, -0.1) is 0 Å². The lowest BCUT2D eigenvalue weighted by molar-refractivity contribution is -0.655. The van der Waals surface area contributed by atoms with Crippen molar-refractivity contribution in [3.63, 3.8) is 0 Å². The van der Waals surface area contributed by atoms with Crippen molar-refractivity contribution in [1.29, 1.82) is 0 Å². The average Bonchev–Trinajstić information content (AvgIpc) is 2.46. The Kier molecular flexibility index (Phi) is 5.70. The lowest BCUT2D eigenvalue weighted by atomic mass is 10.1. The molecule has 2 aromatic carbocycles. The molecule has 0 bridgehead atoms. The Labute approximate surface area is 115 Å². The maximum atomic E-state index is 5.80. The van der Waals surface area contributed by atoms with Crippen LogP contribution in [0.3, 0.4) is 0 Å². The van der Waals surface area contributed by atoms with Crippen molar-refractivity contribution in [2.24, 2.45) is 0 Å². The lowest BCUT2D eigenvalue weighted by Gasteiger charge is -2.07. The molecule has 0 aliphatic carbocycles. The first-order chi connectivity index (χ1) is 9.40. The SMILES string of the molecule is CCCC[NH2+]CCCOc1ccc2ccccc2c1. The van der Waals surface area contributed by atoms with Crippen LogP contribution in [0.25, 0.3) is 10.8 Å². The molecule has 0 amide bonds. The van der Waals surface area contributed by atoms with Gasteiger partial charge < -0.3 is 10.1 Å². The monoisotopic (exact) mass is 258 g/mol. The zero-order valence-corrected chi connectivity index (χ0v) is 11.8. The number of ether oxygens (including phenoxy) is 1. The van der Waals surface area contributed by atoms with E-state index in [1.165, 1.54) is 30.2 Å². The van der Waals surface area contributed by atoms with Crippen LogP contribution in [0.15, 0.2) is 42.5 Å².